The Morgan fingerprint density at radius 3 is 2.75 bits per heavy atom. The number of hydrogen-bond donors (Lipinski definition) is 2. The van der Waals surface area contributed by atoms with Gasteiger partial charge in [-0.15, -0.1) is 0 Å². The van der Waals surface area contributed by atoms with Crippen LogP contribution in [0.5, 0.6) is 11.5 Å². The van der Waals surface area contributed by atoms with Crippen LogP contribution < -0.4 is 20.1 Å². The van der Waals surface area contributed by atoms with Gasteiger partial charge in [0.1, 0.15) is 12.1 Å². The van der Waals surface area contributed by atoms with E-state index in [-0.39, 0.29) is 6.79 Å². The quantitative estimate of drug-likeness (QED) is 0.767. The fourth-order valence-corrected chi connectivity index (χ4v) is 3.53. The first-order chi connectivity index (χ1) is 13.4. The van der Waals surface area contributed by atoms with Crippen molar-refractivity contribution in [1.82, 2.24) is 10.2 Å². The lowest BCUT2D eigenvalue weighted by molar-refractivity contribution is -0.133. The Kier molecular flexibility index (Phi) is 4.35. The summed E-state index contributed by atoms with van der Waals surface area (Å²) in [6.45, 7) is 1.25. The molecule has 1 saturated heterocycles. The predicted octanol–water partition coefficient (Wildman–Crippen LogP) is 2.47. The van der Waals surface area contributed by atoms with E-state index in [0.29, 0.717) is 27.8 Å². The van der Waals surface area contributed by atoms with E-state index in [1.165, 1.54) is 0 Å². The molecule has 2 aromatic rings. The van der Waals surface area contributed by atoms with Crippen LogP contribution in [-0.4, -0.2) is 36.1 Å². The number of urea groups is 1. The number of carbonyl (C=O) groups is 3. The Morgan fingerprint density at radius 1 is 1.21 bits per heavy atom. The lowest BCUT2D eigenvalue weighted by Gasteiger charge is -2.23. The third kappa shape index (κ3) is 3.01. The van der Waals surface area contributed by atoms with Crippen molar-refractivity contribution < 1.29 is 23.9 Å². The van der Waals surface area contributed by atoms with Crippen LogP contribution in [0.15, 0.2) is 42.5 Å². The van der Waals surface area contributed by atoms with Gasteiger partial charge in [-0.2, -0.15) is 0 Å². The van der Waals surface area contributed by atoms with Crippen LogP contribution in [0.25, 0.3) is 0 Å². The maximum absolute atomic E-state index is 12.9. The molecule has 0 bridgehead atoms. The van der Waals surface area contributed by atoms with E-state index in [4.69, 9.17) is 21.1 Å². The molecule has 2 aromatic carbocycles. The standard InChI is InChI=1S/C19H16ClN3O5/c1-19(12-4-2-3-5-13(12)20)17(25)23(18(26)22-19)9-16(24)21-11-6-7-14-15(8-11)28-10-27-14/h2-8H,9-10H2,1H3,(H,21,24)(H,22,26)/t19-/m1/s1. The summed E-state index contributed by atoms with van der Waals surface area (Å²) in [7, 11) is 0. The summed E-state index contributed by atoms with van der Waals surface area (Å²) >= 11 is 6.19. The predicted molar refractivity (Wildman–Crippen MR) is 100 cm³/mol. The number of carbonyl (C=O) groups excluding carboxylic acids is 3. The van der Waals surface area contributed by atoms with E-state index in [2.05, 4.69) is 10.6 Å². The van der Waals surface area contributed by atoms with Gasteiger partial charge in [0.15, 0.2) is 11.5 Å². The molecule has 28 heavy (non-hydrogen) atoms. The van der Waals surface area contributed by atoms with E-state index < -0.39 is 29.9 Å². The number of rotatable bonds is 4. The summed E-state index contributed by atoms with van der Waals surface area (Å²) in [6, 6.07) is 11.0. The zero-order valence-corrected chi connectivity index (χ0v) is 15.6. The Balaban J connectivity index is 1.49. The van der Waals surface area contributed by atoms with Gasteiger partial charge in [-0.25, -0.2) is 4.79 Å². The number of fused-ring (bicyclic) bond motifs is 1. The van der Waals surface area contributed by atoms with Crippen LogP contribution in [0.2, 0.25) is 5.02 Å². The molecule has 8 nitrogen and oxygen atoms in total. The van der Waals surface area contributed by atoms with Crippen LogP contribution in [-0.2, 0) is 15.1 Å². The van der Waals surface area contributed by atoms with Gasteiger partial charge >= 0.3 is 6.03 Å². The summed E-state index contributed by atoms with van der Waals surface area (Å²) in [5.41, 5.74) is -0.405. The van der Waals surface area contributed by atoms with Crippen molar-refractivity contribution in [2.75, 3.05) is 18.7 Å². The molecular weight excluding hydrogens is 386 g/mol. The van der Waals surface area contributed by atoms with Crippen molar-refractivity contribution in [2.45, 2.75) is 12.5 Å². The Labute approximate surface area is 165 Å². The first kappa shape index (κ1) is 18.1. The number of imide groups is 1. The Morgan fingerprint density at radius 2 is 1.96 bits per heavy atom. The second-order valence-electron chi connectivity index (χ2n) is 6.54. The number of amides is 4. The van der Waals surface area contributed by atoms with Gasteiger partial charge in [0.2, 0.25) is 12.7 Å². The highest BCUT2D eigenvalue weighted by molar-refractivity contribution is 6.32. The number of anilines is 1. The molecule has 0 aliphatic carbocycles. The lowest BCUT2D eigenvalue weighted by Crippen LogP contribution is -2.42. The van der Waals surface area contributed by atoms with Crippen molar-refractivity contribution in [2.24, 2.45) is 0 Å². The monoisotopic (exact) mass is 401 g/mol. The van der Waals surface area contributed by atoms with Gasteiger partial charge in [0.25, 0.3) is 5.91 Å². The molecule has 4 rings (SSSR count). The van der Waals surface area contributed by atoms with Crippen LogP contribution in [0.1, 0.15) is 12.5 Å². The molecule has 9 heteroatoms. The minimum Gasteiger partial charge on any atom is -0.454 e. The maximum atomic E-state index is 12.9. The van der Waals surface area contributed by atoms with Crippen LogP contribution >= 0.6 is 11.6 Å². The van der Waals surface area contributed by atoms with Crippen LogP contribution in [0, 0.1) is 0 Å². The average molecular weight is 402 g/mol. The molecule has 0 unspecified atom stereocenters. The molecule has 2 aliphatic rings. The minimum absolute atomic E-state index is 0.121. The third-order valence-corrected chi connectivity index (χ3v) is 4.98. The van der Waals surface area contributed by atoms with Crippen molar-refractivity contribution in [1.29, 1.82) is 0 Å². The molecule has 0 aromatic heterocycles. The Bertz CT molecular complexity index is 995. The van der Waals surface area contributed by atoms with Crippen molar-refractivity contribution >= 4 is 35.1 Å². The molecule has 4 amide bonds. The zero-order chi connectivity index (χ0) is 19.9. The average Bonchev–Trinajstić information content (AvgIpc) is 3.20. The van der Waals surface area contributed by atoms with E-state index in [1.807, 2.05) is 0 Å². The third-order valence-electron chi connectivity index (χ3n) is 4.65. The number of halogens is 1. The van der Waals surface area contributed by atoms with E-state index >= 15 is 0 Å². The van der Waals surface area contributed by atoms with Crippen molar-refractivity contribution in [3.8, 4) is 11.5 Å². The van der Waals surface area contributed by atoms with E-state index in [1.54, 1.807) is 49.4 Å². The molecule has 0 radical (unpaired) electrons. The summed E-state index contributed by atoms with van der Waals surface area (Å²) < 4.78 is 10.5. The summed E-state index contributed by atoms with van der Waals surface area (Å²) in [5.74, 6) is 0.0268. The zero-order valence-electron chi connectivity index (χ0n) is 14.8. The highest BCUT2D eigenvalue weighted by Gasteiger charge is 2.50. The molecule has 2 heterocycles. The number of nitrogens with zero attached hydrogens (tertiary/aromatic N) is 1. The van der Waals surface area contributed by atoms with Gasteiger partial charge in [0, 0.05) is 22.3 Å². The van der Waals surface area contributed by atoms with Crippen molar-refractivity contribution in [3.05, 3.63) is 53.1 Å². The molecule has 1 atom stereocenters. The topological polar surface area (TPSA) is 97.0 Å². The SMILES string of the molecule is C[C@]1(c2ccccc2Cl)NC(=O)N(CC(=O)Nc2ccc3c(c2)OCO3)C1=O. The number of ether oxygens (including phenoxy) is 2. The second-order valence-corrected chi connectivity index (χ2v) is 6.95. The lowest BCUT2D eigenvalue weighted by atomic mass is 9.92. The highest BCUT2D eigenvalue weighted by Crippen LogP contribution is 2.35. The van der Waals surface area contributed by atoms with E-state index in [9.17, 15) is 14.4 Å². The smallest absolute Gasteiger partial charge is 0.325 e. The molecule has 2 N–H and O–H groups in total. The first-order valence-corrected chi connectivity index (χ1v) is 8.85. The summed E-state index contributed by atoms with van der Waals surface area (Å²) in [5, 5.41) is 5.62. The summed E-state index contributed by atoms with van der Waals surface area (Å²) in [6.07, 6.45) is 0. The van der Waals surface area contributed by atoms with Gasteiger partial charge in [-0.3, -0.25) is 14.5 Å². The molecule has 2 aliphatic heterocycles. The fraction of sp³-hybridized carbons (Fsp3) is 0.211. The fourth-order valence-electron chi connectivity index (χ4n) is 3.21. The highest BCUT2D eigenvalue weighted by atomic mass is 35.5. The molecule has 1 fully saturated rings. The maximum Gasteiger partial charge on any atom is 0.325 e. The first-order valence-electron chi connectivity index (χ1n) is 8.47. The number of nitrogens with one attached hydrogen (secondary N) is 2. The number of hydrogen-bond acceptors (Lipinski definition) is 5. The molecular formula is C19H16ClN3O5. The van der Waals surface area contributed by atoms with E-state index in [0.717, 1.165) is 4.90 Å². The summed E-state index contributed by atoms with van der Waals surface area (Å²) in [4.78, 5) is 38.5. The number of benzene rings is 2. The normalized spacial score (nSPS) is 20.3. The minimum atomic E-state index is -1.34. The van der Waals surface area contributed by atoms with Gasteiger partial charge < -0.3 is 20.1 Å². The van der Waals surface area contributed by atoms with Crippen LogP contribution in [0.4, 0.5) is 10.5 Å². The largest absolute Gasteiger partial charge is 0.454 e. The second kappa shape index (κ2) is 6.72. The van der Waals surface area contributed by atoms with Gasteiger partial charge in [-0.1, -0.05) is 29.8 Å². The van der Waals surface area contributed by atoms with Gasteiger partial charge in [-0.05, 0) is 25.1 Å². The Hall–Kier alpha value is -3.26. The molecule has 144 valence electrons. The van der Waals surface area contributed by atoms with Gasteiger partial charge in [0.05, 0.1) is 0 Å². The van der Waals surface area contributed by atoms with Crippen molar-refractivity contribution in [3.63, 3.8) is 0 Å². The van der Waals surface area contributed by atoms with Crippen LogP contribution in [0.3, 0.4) is 0 Å². The molecule has 0 saturated carbocycles. The molecule has 0 spiro atoms.